The first-order chi connectivity index (χ1) is 12.1. The maximum absolute atomic E-state index is 12.4. The molecule has 2 saturated heterocycles. The Morgan fingerprint density at radius 2 is 2.04 bits per heavy atom. The molecule has 7 nitrogen and oxygen atoms in total. The highest BCUT2D eigenvalue weighted by molar-refractivity contribution is 9.11. The summed E-state index contributed by atoms with van der Waals surface area (Å²) in [4.78, 5) is 30.7. The minimum absolute atomic E-state index is 0.120. The number of anilines is 1. The maximum Gasteiger partial charge on any atom is 0.327 e. The number of carbonyl (C=O) groups is 2. The fourth-order valence-electron chi connectivity index (χ4n) is 3.23. The van der Waals surface area contributed by atoms with Crippen LogP contribution in [0, 0.1) is 0 Å². The zero-order valence-corrected chi connectivity index (χ0v) is 16.0. The lowest BCUT2D eigenvalue weighted by Gasteiger charge is -2.35. The van der Waals surface area contributed by atoms with Crippen molar-refractivity contribution in [2.24, 2.45) is 0 Å². The molecule has 3 amide bonds. The van der Waals surface area contributed by atoms with E-state index >= 15 is 0 Å². The molecule has 0 spiro atoms. The van der Waals surface area contributed by atoms with Crippen LogP contribution in [0.25, 0.3) is 10.6 Å². The molecule has 0 aliphatic carbocycles. The lowest BCUT2D eigenvalue weighted by atomic mass is 10.2. The van der Waals surface area contributed by atoms with E-state index in [2.05, 4.69) is 26.1 Å². The van der Waals surface area contributed by atoms with Gasteiger partial charge in [0.15, 0.2) is 5.82 Å². The summed E-state index contributed by atoms with van der Waals surface area (Å²) in [6.07, 6.45) is 0. The van der Waals surface area contributed by atoms with E-state index in [9.17, 15) is 9.59 Å². The van der Waals surface area contributed by atoms with Crippen LogP contribution in [-0.2, 0) is 4.79 Å². The summed E-state index contributed by atoms with van der Waals surface area (Å²) in [7, 11) is 0. The molecule has 2 fully saturated rings. The number of fused-ring (bicyclic) bond motifs is 1. The number of likely N-dealkylation sites (N-methyl/N-ethyl adjacent to an activating group) is 1. The van der Waals surface area contributed by atoms with E-state index in [-0.39, 0.29) is 11.9 Å². The first-order valence-corrected chi connectivity index (χ1v) is 9.66. The Kier molecular flexibility index (Phi) is 4.20. The van der Waals surface area contributed by atoms with Crippen molar-refractivity contribution in [1.29, 1.82) is 0 Å². The molecule has 2 aliphatic heterocycles. The van der Waals surface area contributed by atoms with E-state index < -0.39 is 6.04 Å². The van der Waals surface area contributed by atoms with Crippen molar-refractivity contribution in [3.05, 3.63) is 28.1 Å². The summed E-state index contributed by atoms with van der Waals surface area (Å²) in [5.41, 5.74) is 0.822. The van der Waals surface area contributed by atoms with Gasteiger partial charge in [-0.15, -0.1) is 21.5 Å². The number of hydrogen-bond acceptors (Lipinski definition) is 6. The summed E-state index contributed by atoms with van der Waals surface area (Å²) < 4.78 is 1.05. The number of urea groups is 1. The van der Waals surface area contributed by atoms with Gasteiger partial charge in [0, 0.05) is 26.2 Å². The quantitative estimate of drug-likeness (QED) is 0.711. The van der Waals surface area contributed by atoms with Crippen molar-refractivity contribution >= 4 is 45.0 Å². The number of halogens is 1. The number of thiophene rings is 1. The molecule has 0 saturated carbocycles. The molecule has 130 valence electrons. The standard InChI is InChI=1S/C16H16BrN5O2S/c1-2-21-15(23)11-9-20(7-8-22(11)16(21)24)14-6-3-10(18-19-14)12-4-5-13(17)25-12/h3-6,11H,2,7-9H2,1H3. The third kappa shape index (κ3) is 2.81. The number of piperazine rings is 1. The third-order valence-electron chi connectivity index (χ3n) is 4.52. The van der Waals surface area contributed by atoms with E-state index in [1.165, 1.54) is 4.90 Å². The van der Waals surface area contributed by atoms with Crippen LogP contribution in [0.1, 0.15) is 6.92 Å². The van der Waals surface area contributed by atoms with Gasteiger partial charge in [0.05, 0.1) is 8.66 Å². The highest BCUT2D eigenvalue weighted by atomic mass is 79.9. The van der Waals surface area contributed by atoms with Crippen molar-refractivity contribution in [3.8, 4) is 10.6 Å². The summed E-state index contributed by atoms with van der Waals surface area (Å²) in [5.74, 6) is 0.611. The Labute approximate surface area is 157 Å². The van der Waals surface area contributed by atoms with Gasteiger partial charge in [0.2, 0.25) is 0 Å². The number of amides is 3. The van der Waals surface area contributed by atoms with Gasteiger partial charge in [0.1, 0.15) is 11.7 Å². The molecule has 0 radical (unpaired) electrons. The molecule has 4 rings (SSSR count). The minimum Gasteiger partial charge on any atom is -0.351 e. The Bertz CT molecular complexity index is 824. The second-order valence-corrected chi connectivity index (χ2v) is 8.36. The van der Waals surface area contributed by atoms with E-state index in [4.69, 9.17) is 0 Å². The van der Waals surface area contributed by atoms with Crippen molar-refractivity contribution in [2.45, 2.75) is 13.0 Å². The molecule has 25 heavy (non-hydrogen) atoms. The lowest BCUT2D eigenvalue weighted by molar-refractivity contribution is -0.128. The Morgan fingerprint density at radius 3 is 2.68 bits per heavy atom. The average Bonchev–Trinajstić information content (AvgIpc) is 3.17. The molecule has 1 atom stereocenters. The molecule has 9 heteroatoms. The molecule has 4 heterocycles. The van der Waals surface area contributed by atoms with Crippen molar-refractivity contribution in [2.75, 3.05) is 31.1 Å². The Morgan fingerprint density at radius 1 is 1.20 bits per heavy atom. The molecule has 1 unspecified atom stereocenters. The van der Waals surface area contributed by atoms with Gasteiger partial charge < -0.3 is 9.80 Å². The number of hydrogen-bond donors (Lipinski definition) is 0. The van der Waals surface area contributed by atoms with Crippen molar-refractivity contribution in [1.82, 2.24) is 20.0 Å². The predicted octanol–water partition coefficient (Wildman–Crippen LogP) is 2.44. The normalized spacial score (nSPS) is 20.4. The average molecular weight is 422 g/mol. The molecular weight excluding hydrogens is 406 g/mol. The number of imide groups is 1. The number of rotatable bonds is 3. The summed E-state index contributed by atoms with van der Waals surface area (Å²) in [5, 5.41) is 8.63. The maximum atomic E-state index is 12.4. The lowest BCUT2D eigenvalue weighted by Crippen LogP contribution is -2.53. The minimum atomic E-state index is -0.420. The van der Waals surface area contributed by atoms with Gasteiger partial charge in [-0.05, 0) is 47.1 Å². The summed E-state index contributed by atoms with van der Waals surface area (Å²) in [6, 6.07) is 7.24. The highest BCUT2D eigenvalue weighted by Crippen LogP contribution is 2.30. The molecule has 2 aliphatic rings. The van der Waals surface area contributed by atoms with Gasteiger partial charge >= 0.3 is 6.03 Å². The van der Waals surface area contributed by atoms with Crippen molar-refractivity contribution < 1.29 is 9.59 Å². The zero-order valence-electron chi connectivity index (χ0n) is 13.6. The Balaban J connectivity index is 1.52. The van der Waals surface area contributed by atoms with Crippen LogP contribution in [0.15, 0.2) is 28.1 Å². The monoisotopic (exact) mass is 421 g/mol. The first kappa shape index (κ1) is 16.5. The van der Waals surface area contributed by atoms with E-state index in [1.54, 1.807) is 16.2 Å². The van der Waals surface area contributed by atoms with Gasteiger partial charge in [-0.3, -0.25) is 9.69 Å². The molecule has 0 bridgehead atoms. The molecule has 2 aromatic heterocycles. The van der Waals surface area contributed by atoms with Crippen LogP contribution >= 0.6 is 27.3 Å². The van der Waals surface area contributed by atoms with E-state index in [1.807, 2.05) is 36.1 Å². The van der Waals surface area contributed by atoms with Crippen LogP contribution in [0.5, 0.6) is 0 Å². The first-order valence-electron chi connectivity index (χ1n) is 8.05. The van der Waals surface area contributed by atoms with Gasteiger partial charge in [-0.1, -0.05) is 0 Å². The SMILES string of the molecule is CCN1C(=O)C2CN(c3ccc(-c4ccc(Br)s4)nn3)CCN2C1=O. The highest BCUT2D eigenvalue weighted by Gasteiger charge is 2.47. The van der Waals surface area contributed by atoms with E-state index in [0.717, 1.165) is 20.2 Å². The van der Waals surface area contributed by atoms with Crippen LogP contribution < -0.4 is 4.90 Å². The van der Waals surface area contributed by atoms with Crippen LogP contribution in [0.4, 0.5) is 10.6 Å². The van der Waals surface area contributed by atoms with Gasteiger partial charge in [-0.25, -0.2) is 4.79 Å². The smallest absolute Gasteiger partial charge is 0.327 e. The number of carbonyl (C=O) groups excluding carboxylic acids is 2. The topological polar surface area (TPSA) is 69.6 Å². The molecule has 0 aromatic carbocycles. The second kappa shape index (κ2) is 6.38. The summed E-state index contributed by atoms with van der Waals surface area (Å²) >= 11 is 5.05. The predicted molar refractivity (Wildman–Crippen MR) is 98.5 cm³/mol. The number of nitrogens with zero attached hydrogens (tertiary/aromatic N) is 5. The van der Waals surface area contributed by atoms with Crippen molar-refractivity contribution in [3.63, 3.8) is 0 Å². The molecule has 2 aromatic rings. The van der Waals surface area contributed by atoms with E-state index in [0.29, 0.717) is 26.2 Å². The second-order valence-electron chi connectivity index (χ2n) is 5.90. The van der Waals surface area contributed by atoms with Gasteiger partial charge in [0.25, 0.3) is 5.91 Å². The number of aromatic nitrogens is 2. The van der Waals surface area contributed by atoms with Crippen LogP contribution in [0.3, 0.4) is 0 Å². The fraction of sp³-hybridized carbons (Fsp3) is 0.375. The van der Waals surface area contributed by atoms with Crippen LogP contribution in [0.2, 0.25) is 0 Å². The summed E-state index contributed by atoms with van der Waals surface area (Å²) in [6.45, 7) is 3.85. The largest absolute Gasteiger partial charge is 0.351 e. The molecular formula is C16H16BrN5O2S. The fourth-order valence-corrected chi connectivity index (χ4v) is 4.58. The third-order valence-corrected chi connectivity index (χ3v) is 6.17. The van der Waals surface area contributed by atoms with Crippen LogP contribution in [-0.4, -0.2) is 64.2 Å². The zero-order chi connectivity index (χ0) is 17.6. The van der Waals surface area contributed by atoms with Gasteiger partial charge in [-0.2, -0.15) is 0 Å². The molecule has 0 N–H and O–H groups in total. The Hall–Kier alpha value is -2.00.